The predicted octanol–water partition coefficient (Wildman–Crippen LogP) is 3.19. The highest BCUT2D eigenvalue weighted by Crippen LogP contribution is 2.38. The Hall–Kier alpha value is -2.17. The molecule has 0 aromatic carbocycles. The molecule has 2 heterocycles. The van der Waals surface area contributed by atoms with Crippen LogP contribution in [0.2, 0.25) is 0 Å². The molecule has 5 nitrogen and oxygen atoms in total. The number of aromatic nitrogens is 1. The summed E-state index contributed by atoms with van der Waals surface area (Å²) in [6.45, 7) is 6.45. The van der Waals surface area contributed by atoms with Crippen LogP contribution >= 0.6 is 0 Å². The molecule has 124 valence electrons. The van der Waals surface area contributed by atoms with Crippen LogP contribution in [0.25, 0.3) is 0 Å². The Kier molecular flexibility index (Phi) is 5.53. The smallest absolute Gasteiger partial charge is 0.290 e. The Morgan fingerprint density at radius 3 is 2.57 bits per heavy atom. The zero-order valence-corrected chi connectivity index (χ0v) is 14.0. The van der Waals surface area contributed by atoms with E-state index in [1.165, 1.54) is 0 Å². The summed E-state index contributed by atoms with van der Waals surface area (Å²) in [6, 6.07) is 3.07. The summed E-state index contributed by atoms with van der Waals surface area (Å²) in [5.74, 6) is -0.840. The van der Waals surface area contributed by atoms with Crippen LogP contribution in [0.1, 0.15) is 51.6 Å². The maximum atomic E-state index is 12.6. The van der Waals surface area contributed by atoms with Crippen molar-refractivity contribution in [2.45, 2.75) is 46.1 Å². The van der Waals surface area contributed by atoms with Crippen LogP contribution in [0.5, 0.6) is 0 Å². The number of nitrogens with zero attached hydrogens (tertiary/aromatic N) is 2. The van der Waals surface area contributed by atoms with Crippen molar-refractivity contribution in [2.75, 3.05) is 6.54 Å². The van der Waals surface area contributed by atoms with E-state index in [9.17, 15) is 14.7 Å². The number of hydrogen-bond acceptors (Lipinski definition) is 4. The molecule has 0 radical (unpaired) electrons. The van der Waals surface area contributed by atoms with E-state index in [2.05, 4.69) is 4.98 Å². The number of aliphatic hydroxyl groups excluding tert-OH is 1. The third-order valence-electron chi connectivity index (χ3n) is 3.97. The summed E-state index contributed by atoms with van der Waals surface area (Å²) in [5.41, 5.74) is 1.03. The fourth-order valence-electron chi connectivity index (χ4n) is 2.87. The van der Waals surface area contributed by atoms with E-state index < -0.39 is 17.7 Å². The number of unbranched alkanes of at least 4 members (excludes halogenated alkanes) is 1. The average molecular weight is 316 g/mol. The number of rotatable bonds is 7. The highest BCUT2D eigenvalue weighted by molar-refractivity contribution is 6.08. The molecule has 23 heavy (non-hydrogen) atoms. The lowest BCUT2D eigenvalue weighted by Crippen LogP contribution is -2.32. The first-order chi connectivity index (χ1) is 11.0. The highest BCUT2D eigenvalue weighted by Gasteiger charge is 2.42. The van der Waals surface area contributed by atoms with Gasteiger partial charge in [0.05, 0.1) is 11.6 Å². The second kappa shape index (κ2) is 7.40. The molecule has 0 saturated carbocycles. The van der Waals surface area contributed by atoms with Gasteiger partial charge in [-0.1, -0.05) is 27.2 Å². The van der Waals surface area contributed by atoms with Crippen LogP contribution < -0.4 is 0 Å². The van der Waals surface area contributed by atoms with Crippen LogP contribution in [0.15, 0.2) is 35.9 Å². The molecule has 5 heteroatoms. The summed E-state index contributed by atoms with van der Waals surface area (Å²) in [4.78, 5) is 30.6. The van der Waals surface area contributed by atoms with E-state index in [4.69, 9.17) is 0 Å². The number of ketones is 1. The van der Waals surface area contributed by atoms with E-state index in [0.29, 0.717) is 13.0 Å². The van der Waals surface area contributed by atoms with Gasteiger partial charge < -0.3 is 10.0 Å². The molecule has 1 aromatic rings. The largest absolute Gasteiger partial charge is 0.503 e. The summed E-state index contributed by atoms with van der Waals surface area (Å²) in [7, 11) is 0. The van der Waals surface area contributed by atoms with Gasteiger partial charge in [-0.15, -0.1) is 0 Å². The van der Waals surface area contributed by atoms with Gasteiger partial charge in [0.15, 0.2) is 11.5 Å². The fraction of sp³-hybridized carbons (Fsp3) is 0.500. The van der Waals surface area contributed by atoms with Gasteiger partial charge in [0.2, 0.25) is 0 Å². The van der Waals surface area contributed by atoms with Crippen molar-refractivity contribution in [1.82, 2.24) is 9.88 Å². The van der Waals surface area contributed by atoms with Gasteiger partial charge in [-0.3, -0.25) is 14.6 Å². The Labute approximate surface area is 137 Å². The summed E-state index contributed by atoms with van der Waals surface area (Å²) in [5, 5.41) is 10.3. The predicted molar refractivity (Wildman–Crippen MR) is 87.7 cm³/mol. The van der Waals surface area contributed by atoms with E-state index in [1.807, 2.05) is 20.8 Å². The number of pyridine rings is 1. The second-order valence-electron chi connectivity index (χ2n) is 6.32. The zero-order valence-electron chi connectivity index (χ0n) is 14.0. The van der Waals surface area contributed by atoms with Gasteiger partial charge in [-0.25, -0.2) is 0 Å². The van der Waals surface area contributed by atoms with Crippen molar-refractivity contribution in [3.8, 4) is 0 Å². The van der Waals surface area contributed by atoms with Crippen LogP contribution in [0.4, 0.5) is 0 Å². The van der Waals surface area contributed by atoms with Gasteiger partial charge in [0.25, 0.3) is 5.91 Å². The maximum Gasteiger partial charge on any atom is 0.290 e. The van der Waals surface area contributed by atoms with E-state index in [1.54, 1.807) is 29.4 Å². The molecular formula is C18H24N2O3. The third-order valence-corrected chi connectivity index (χ3v) is 3.97. The lowest BCUT2D eigenvalue weighted by Gasteiger charge is -2.26. The van der Waals surface area contributed by atoms with Crippen LogP contribution in [-0.4, -0.2) is 33.2 Å². The van der Waals surface area contributed by atoms with Gasteiger partial charge >= 0.3 is 0 Å². The molecule has 0 aliphatic carbocycles. The van der Waals surface area contributed by atoms with Crippen LogP contribution in [0, 0.1) is 5.92 Å². The minimum Gasteiger partial charge on any atom is -0.503 e. The number of carbonyl (C=O) groups is 2. The Bertz CT molecular complexity index is 608. The molecule has 1 amide bonds. The maximum absolute atomic E-state index is 12.6. The molecule has 1 aromatic heterocycles. The van der Waals surface area contributed by atoms with Gasteiger partial charge in [0.1, 0.15) is 0 Å². The van der Waals surface area contributed by atoms with Crippen LogP contribution in [-0.2, 0) is 9.59 Å². The molecular weight excluding hydrogens is 292 g/mol. The van der Waals surface area contributed by atoms with Crippen molar-refractivity contribution >= 4 is 11.7 Å². The normalized spacial score (nSPS) is 18.2. The first-order valence-corrected chi connectivity index (χ1v) is 8.14. The standard InChI is InChI=1S/C18H24N2O3/c1-4-5-10-20-16(13-6-8-19-9-7-13)15(17(22)18(20)23)14(21)11-12(2)3/h6-9,12,16,22H,4-5,10-11H2,1-3H3. The van der Waals surface area contributed by atoms with Crippen molar-refractivity contribution in [1.29, 1.82) is 0 Å². The lowest BCUT2D eigenvalue weighted by molar-refractivity contribution is -0.129. The monoisotopic (exact) mass is 316 g/mol. The summed E-state index contributed by atoms with van der Waals surface area (Å²) in [6.07, 6.45) is 5.35. The number of carbonyl (C=O) groups excluding carboxylic acids is 2. The number of hydrogen-bond donors (Lipinski definition) is 1. The van der Waals surface area contributed by atoms with Gasteiger partial charge in [-0.2, -0.15) is 0 Å². The molecule has 1 aliphatic rings. The molecule has 0 saturated heterocycles. The van der Waals surface area contributed by atoms with Crippen molar-refractivity contribution < 1.29 is 14.7 Å². The molecule has 0 spiro atoms. The fourth-order valence-corrected chi connectivity index (χ4v) is 2.87. The Morgan fingerprint density at radius 1 is 1.35 bits per heavy atom. The molecule has 0 fully saturated rings. The third kappa shape index (κ3) is 3.60. The van der Waals surface area contributed by atoms with Gasteiger partial charge in [0, 0.05) is 25.4 Å². The van der Waals surface area contributed by atoms with Crippen molar-refractivity contribution in [3.05, 3.63) is 41.4 Å². The average Bonchev–Trinajstić information content (AvgIpc) is 2.77. The second-order valence-corrected chi connectivity index (χ2v) is 6.32. The highest BCUT2D eigenvalue weighted by atomic mass is 16.3. The molecule has 1 N–H and O–H groups in total. The minimum absolute atomic E-state index is 0.160. The topological polar surface area (TPSA) is 70.5 Å². The van der Waals surface area contributed by atoms with E-state index in [-0.39, 0.29) is 17.3 Å². The van der Waals surface area contributed by atoms with E-state index in [0.717, 1.165) is 18.4 Å². The lowest BCUT2D eigenvalue weighted by atomic mass is 9.92. The van der Waals surface area contributed by atoms with Gasteiger partial charge in [-0.05, 0) is 30.0 Å². The Morgan fingerprint density at radius 2 is 2.00 bits per heavy atom. The number of Topliss-reactive ketones (excluding diaryl/α,β-unsaturated/α-hetero) is 1. The summed E-state index contributed by atoms with van der Waals surface area (Å²) >= 11 is 0. The first-order valence-electron chi connectivity index (χ1n) is 8.14. The van der Waals surface area contributed by atoms with E-state index >= 15 is 0 Å². The molecule has 0 bridgehead atoms. The summed E-state index contributed by atoms with van der Waals surface area (Å²) < 4.78 is 0. The van der Waals surface area contributed by atoms with Crippen molar-refractivity contribution in [3.63, 3.8) is 0 Å². The minimum atomic E-state index is -0.511. The molecule has 1 unspecified atom stereocenters. The molecule has 1 atom stereocenters. The zero-order chi connectivity index (χ0) is 17.0. The molecule has 2 rings (SSSR count). The Balaban J connectivity index is 2.43. The quantitative estimate of drug-likeness (QED) is 0.838. The SMILES string of the molecule is CCCCN1C(=O)C(O)=C(C(=O)CC(C)C)C1c1ccncc1. The van der Waals surface area contributed by atoms with Crippen LogP contribution in [0.3, 0.4) is 0 Å². The number of aliphatic hydroxyl groups is 1. The first kappa shape index (κ1) is 17.2. The van der Waals surface area contributed by atoms with Crippen molar-refractivity contribution in [2.24, 2.45) is 5.92 Å². The number of amides is 1. The molecule has 1 aliphatic heterocycles.